The van der Waals surface area contributed by atoms with Crippen molar-refractivity contribution in [2.45, 2.75) is 43.1 Å². The van der Waals surface area contributed by atoms with E-state index in [0.717, 1.165) is 19.3 Å². The second kappa shape index (κ2) is 4.29. The first-order valence-electron chi connectivity index (χ1n) is 4.55. The average molecular weight is 189 g/mol. The molecule has 1 aliphatic carbocycles. The minimum absolute atomic E-state index is 0.123. The van der Waals surface area contributed by atoms with Gasteiger partial charge in [0.25, 0.3) is 0 Å². The lowest BCUT2D eigenvalue weighted by atomic mass is 9.82. The number of hydrogen-bond acceptors (Lipinski definition) is 1. The molecule has 0 aliphatic heterocycles. The van der Waals surface area contributed by atoms with Crippen LogP contribution in [0.25, 0.3) is 0 Å². The van der Waals surface area contributed by atoms with Crippen molar-refractivity contribution < 1.29 is 4.74 Å². The molecule has 0 unspecified atom stereocenters. The Bertz CT molecular complexity index is 158. The third-order valence-corrected chi connectivity index (χ3v) is 3.39. The molecule has 2 atom stereocenters. The van der Waals surface area contributed by atoms with Gasteiger partial charge < -0.3 is 4.74 Å². The van der Waals surface area contributed by atoms with Gasteiger partial charge in [0.1, 0.15) is 0 Å². The van der Waals surface area contributed by atoms with Crippen LogP contribution in [0.1, 0.15) is 32.1 Å². The monoisotopic (exact) mass is 188 g/mol. The normalized spacial score (nSPS) is 36.3. The lowest BCUT2D eigenvalue weighted by molar-refractivity contribution is -0.0327. The Kier molecular flexibility index (Phi) is 3.60. The van der Waals surface area contributed by atoms with Crippen molar-refractivity contribution in [1.29, 1.82) is 0 Å². The van der Waals surface area contributed by atoms with E-state index in [0.29, 0.717) is 0 Å². The van der Waals surface area contributed by atoms with E-state index in [1.54, 1.807) is 7.11 Å². The van der Waals surface area contributed by atoms with Gasteiger partial charge in [-0.1, -0.05) is 18.9 Å². The van der Waals surface area contributed by atoms with E-state index in [2.05, 4.69) is 6.58 Å². The quantitative estimate of drug-likeness (QED) is 0.489. The van der Waals surface area contributed by atoms with Crippen LogP contribution < -0.4 is 0 Å². The molecule has 0 aromatic carbocycles. The zero-order chi connectivity index (χ0) is 9.03. The third kappa shape index (κ3) is 1.83. The molecule has 0 bridgehead atoms. The standard InChI is InChI=1S/C10H17ClO/c1-3-7-10(12-2)8-5-4-6-9(10)11/h3,9H,1,4-8H2,2H3/t9-,10+/m0/s1. The highest BCUT2D eigenvalue weighted by atomic mass is 35.5. The molecule has 0 aromatic rings. The molecule has 1 aliphatic rings. The molecule has 1 nitrogen and oxygen atoms in total. The Balaban J connectivity index is 2.65. The first-order chi connectivity index (χ1) is 5.75. The fourth-order valence-electron chi connectivity index (χ4n) is 1.95. The summed E-state index contributed by atoms with van der Waals surface area (Å²) in [6.07, 6.45) is 7.39. The summed E-state index contributed by atoms with van der Waals surface area (Å²) < 4.78 is 5.53. The van der Waals surface area contributed by atoms with Crippen LogP contribution in [0.4, 0.5) is 0 Å². The molecule has 1 saturated carbocycles. The maximum absolute atomic E-state index is 6.25. The highest BCUT2D eigenvalue weighted by Crippen LogP contribution is 2.37. The molecule has 0 amide bonds. The minimum Gasteiger partial charge on any atom is -0.376 e. The van der Waals surface area contributed by atoms with E-state index < -0.39 is 0 Å². The molecule has 0 heterocycles. The fraction of sp³-hybridized carbons (Fsp3) is 0.800. The van der Waals surface area contributed by atoms with Crippen LogP contribution in [0.3, 0.4) is 0 Å². The van der Waals surface area contributed by atoms with E-state index in [-0.39, 0.29) is 11.0 Å². The van der Waals surface area contributed by atoms with Gasteiger partial charge in [-0.2, -0.15) is 0 Å². The van der Waals surface area contributed by atoms with Crippen LogP contribution in [-0.4, -0.2) is 18.1 Å². The van der Waals surface area contributed by atoms with Crippen molar-refractivity contribution in [3.63, 3.8) is 0 Å². The highest BCUT2D eigenvalue weighted by Gasteiger charge is 2.38. The minimum atomic E-state index is -0.123. The summed E-state index contributed by atoms with van der Waals surface area (Å²) in [6.45, 7) is 3.74. The molecule has 1 fully saturated rings. The van der Waals surface area contributed by atoms with Crippen LogP contribution in [0.5, 0.6) is 0 Å². The molecule has 70 valence electrons. The number of rotatable bonds is 3. The largest absolute Gasteiger partial charge is 0.376 e. The van der Waals surface area contributed by atoms with Crippen molar-refractivity contribution >= 4 is 11.6 Å². The number of alkyl halides is 1. The average Bonchev–Trinajstić information content (AvgIpc) is 2.10. The van der Waals surface area contributed by atoms with E-state index in [1.165, 1.54) is 12.8 Å². The zero-order valence-corrected chi connectivity index (χ0v) is 8.44. The van der Waals surface area contributed by atoms with Gasteiger partial charge in [-0.15, -0.1) is 18.2 Å². The number of halogens is 1. The van der Waals surface area contributed by atoms with Gasteiger partial charge in [0, 0.05) is 7.11 Å². The van der Waals surface area contributed by atoms with Crippen molar-refractivity contribution in [2.75, 3.05) is 7.11 Å². The molecule has 0 saturated heterocycles. The van der Waals surface area contributed by atoms with Gasteiger partial charge in [-0.25, -0.2) is 0 Å². The van der Waals surface area contributed by atoms with Crippen LogP contribution in [0, 0.1) is 0 Å². The first kappa shape index (κ1) is 10.1. The maximum Gasteiger partial charge on any atom is 0.0875 e. The van der Waals surface area contributed by atoms with E-state index >= 15 is 0 Å². The molecule has 0 radical (unpaired) electrons. The van der Waals surface area contributed by atoms with Crippen LogP contribution in [-0.2, 0) is 4.74 Å². The number of ether oxygens (including phenoxy) is 1. The number of methoxy groups -OCH3 is 1. The smallest absolute Gasteiger partial charge is 0.0875 e. The topological polar surface area (TPSA) is 9.23 Å². The molecular weight excluding hydrogens is 172 g/mol. The molecule has 0 aromatic heterocycles. The summed E-state index contributed by atoms with van der Waals surface area (Å²) in [5, 5.41) is 0.161. The SMILES string of the molecule is C=CC[C@@]1(OC)CCCC[C@@H]1Cl. The predicted octanol–water partition coefficient (Wildman–Crippen LogP) is 3.13. The highest BCUT2D eigenvalue weighted by molar-refractivity contribution is 6.21. The lowest BCUT2D eigenvalue weighted by Crippen LogP contribution is -2.43. The van der Waals surface area contributed by atoms with E-state index in [4.69, 9.17) is 16.3 Å². The van der Waals surface area contributed by atoms with Gasteiger partial charge in [0.05, 0.1) is 11.0 Å². The summed E-state index contributed by atoms with van der Waals surface area (Å²) in [5.41, 5.74) is -0.123. The molecule has 0 N–H and O–H groups in total. The maximum atomic E-state index is 6.25. The van der Waals surface area contributed by atoms with Crippen molar-refractivity contribution in [3.05, 3.63) is 12.7 Å². The van der Waals surface area contributed by atoms with Crippen LogP contribution in [0.2, 0.25) is 0 Å². The third-order valence-electron chi connectivity index (χ3n) is 2.77. The summed E-state index contributed by atoms with van der Waals surface area (Å²) in [7, 11) is 1.75. The summed E-state index contributed by atoms with van der Waals surface area (Å²) in [5.74, 6) is 0. The summed E-state index contributed by atoms with van der Waals surface area (Å²) in [6, 6.07) is 0. The van der Waals surface area contributed by atoms with Gasteiger partial charge >= 0.3 is 0 Å². The molecule has 2 heteroatoms. The second-order valence-corrected chi connectivity index (χ2v) is 4.00. The van der Waals surface area contributed by atoms with Crippen molar-refractivity contribution in [3.8, 4) is 0 Å². The van der Waals surface area contributed by atoms with E-state index in [9.17, 15) is 0 Å². The Morgan fingerprint density at radius 1 is 1.67 bits per heavy atom. The second-order valence-electron chi connectivity index (χ2n) is 3.48. The molecular formula is C10H17ClO. The molecule has 1 rings (SSSR count). The first-order valence-corrected chi connectivity index (χ1v) is 4.99. The van der Waals surface area contributed by atoms with Gasteiger partial charge in [-0.3, -0.25) is 0 Å². The molecule has 12 heavy (non-hydrogen) atoms. The van der Waals surface area contributed by atoms with E-state index in [1.807, 2.05) is 6.08 Å². The number of hydrogen-bond donors (Lipinski definition) is 0. The van der Waals surface area contributed by atoms with Crippen LogP contribution in [0.15, 0.2) is 12.7 Å². The summed E-state index contributed by atoms with van der Waals surface area (Å²) in [4.78, 5) is 0. The van der Waals surface area contributed by atoms with Gasteiger partial charge in [0.2, 0.25) is 0 Å². The van der Waals surface area contributed by atoms with Crippen molar-refractivity contribution in [2.24, 2.45) is 0 Å². The lowest BCUT2D eigenvalue weighted by Gasteiger charge is -2.39. The molecule has 0 spiro atoms. The fourth-order valence-corrected chi connectivity index (χ4v) is 2.40. The Morgan fingerprint density at radius 3 is 2.92 bits per heavy atom. The Hall–Kier alpha value is -0.0100. The van der Waals surface area contributed by atoms with Gasteiger partial charge in [-0.05, 0) is 19.3 Å². The predicted molar refractivity (Wildman–Crippen MR) is 52.7 cm³/mol. The van der Waals surface area contributed by atoms with Crippen LogP contribution >= 0.6 is 11.6 Å². The van der Waals surface area contributed by atoms with Crippen molar-refractivity contribution in [1.82, 2.24) is 0 Å². The van der Waals surface area contributed by atoms with Gasteiger partial charge in [0.15, 0.2) is 0 Å². The summed E-state index contributed by atoms with van der Waals surface area (Å²) >= 11 is 6.25. The Labute approximate surface area is 79.7 Å². The Morgan fingerprint density at radius 2 is 2.42 bits per heavy atom. The zero-order valence-electron chi connectivity index (χ0n) is 7.68.